The number of ether oxygens (including phenoxy) is 1. The summed E-state index contributed by atoms with van der Waals surface area (Å²) in [6.45, 7) is 2.63. The molecule has 13 heteroatoms. The number of alkyl halides is 2. The summed E-state index contributed by atoms with van der Waals surface area (Å²) in [4.78, 5) is 2.61. The number of hydrogen-bond acceptors (Lipinski definition) is 9. The van der Waals surface area contributed by atoms with E-state index in [1.807, 2.05) is 6.07 Å². The Bertz CT molecular complexity index is 1170. The van der Waals surface area contributed by atoms with Crippen molar-refractivity contribution in [2.24, 2.45) is 0 Å². The molecule has 2 aliphatic rings. The van der Waals surface area contributed by atoms with Crippen LogP contribution in [0.3, 0.4) is 0 Å². The number of nitrogens with one attached hydrogen (secondary N) is 1. The van der Waals surface area contributed by atoms with Gasteiger partial charge in [0, 0.05) is 37.2 Å². The summed E-state index contributed by atoms with van der Waals surface area (Å²) in [6, 6.07) is 5.71. The molecular weight excluding hydrogens is 460 g/mol. The van der Waals surface area contributed by atoms with Crippen LogP contribution in [-0.4, -0.2) is 56.4 Å². The van der Waals surface area contributed by atoms with E-state index in [9.17, 15) is 18.6 Å². The molecule has 3 heterocycles. The van der Waals surface area contributed by atoms with Crippen molar-refractivity contribution in [3.63, 3.8) is 0 Å². The molecule has 1 atom stereocenters. The Morgan fingerprint density at radius 2 is 2.12 bits per heavy atom. The predicted octanol–water partition coefficient (Wildman–Crippen LogP) is 2.71. The average Bonchev–Trinajstić information content (AvgIpc) is 3.29. The van der Waals surface area contributed by atoms with Gasteiger partial charge in [0.05, 0.1) is 41.4 Å². The molecule has 32 heavy (non-hydrogen) atoms. The van der Waals surface area contributed by atoms with Crippen molar-refractivity contribution >= 4 is 39.3 Å². The average molecular weight is 480 g/mol. The Balaban J connectivity index is 1.60. The van der Waals surface area contributed by atoms with Gasteiger partial charge in [-0.25, -0.2) is 13.5 Å². The lowest BCUT2D eigenvalue weighted by molar-refractivity contribution is 0.150. The lowest BCUT2D eigenvalue weighted by Crippen LogP contribution is -2.35. The summed E-state index contributed by atoms with van der Waals surface area (Å²) < 4.78 is 49.1. The molecule has 0 amide bonds. The van der Waals surface area contributed by atoms with Crippen LogP contribution in [0, 0.1) is 11.3 Å². The summed E-state index contributed by atoms with van der Waals surface area (Å²) in [5.74, 6) is 0. The number of rotatable bonds is 6. The third-order valence-electron chi connectivity index (χ3n) is 5.47. The van der Waals surface area contributed by atoms with Gasteiger partial charge < -0.3 is 14.2 Å². The zero-order valence-corrected chi connectivity index (χ0v) is 18.5. The van der Waals surface area contributed by atoms with Crippen LogP contribution in [0.4, 0.5) is 14.5 Å². The number of benzene rings is 1. The van der Waals surface area contributed by atoms with Crippen molar-refractivity contribution in [3.8, 4) is 11.2 Å². The summed E-state index contributed by atoms with van der Waals surface area (Å²) in [5, 5.41) is 21.7. The Kier molecular flexibility index (Phi) is 5.72. The van der Waals surface area contributed by atoms with E-state index >= 15 is 0 Å². The molecule has 1 aromatic carbocycles. The van der Waals surface area contributed by atoms with Crippen LogP contribution in [-0.2, 0) is 16.1 Å². The highest BCUT2D eigenvalue weighted by molar-refractivity contribution is 7.89. The zero-order chi connectivity index (χ0) is 22.3. The van der Waals surface area contributed by atoms with Gasteiger partial charge in [-0.05, 0) is 19.3 Å². The molecule has 0 spiro atoms. The van der Waals surface area contributed by atoms with Crippen molar-refractivity contribution in [1.82, 2.24) is 24.7 Å². The van der Waals surface area contributed by atoms with Crippen molar-refractivity contribution in [2.75, 3.05) is 31.2 Å². The number of fused-ring (bicyclic) bond motifs is 1. The Morgan fingerprint density at radius 3 is 2.84 bits per heavy atom. The van der Waals surface area contributed by atoms with Crippen LogP contribution in [0.2, 0.25) is 0 Å². The maximum Gasteiger partial charge on any atom is 0.291 e. The van der Waals surface area contributed by atoms with Crippen molar-refractivity contribution in [3.05, 3.63) is 23.3 Å². The lowest BCUT2D eigenvalue weighted by atomic mass is 10.2. The van der Waals surface area contributed by atoms with E-state index in [0.29, 0.717) is 43.0 Å². The molecule has 3 aromatic rings. The molecule has 1 saturated carbocycles. The minimum atomic E-state index is -2.72. The number of aromatic nitrogens is 4. The minimum Gasteiger partial charge on any atom is -0.593 e. The first-order valence-electron chi connectivity index (χ1n) is 10.1. The van der Waals surface area contributed by atoms with Crippen molar-refractivity contribution in [2.45, 2.75) is 36.1 Å². The fourth-order valence-corrected chi connectivity index (χ4v) is 5.42. The highest BCUT2D eigenvalue weighted by Crippen LogP contribution is 2.38. The first-order chi connectivity index (χ1) is 15.5. The van der Waals surface area contributed by atoms with Crippen LogP contribution < -0.4 is 9.62 Å². The van der Waals surface area contributed by atoms with E-state index in [1.54, 1.807) is 12.3 Å². The number of nitrogens with zero attached hydrogens (tertiary/aromatic N) is 6. The van der Waals surface area contributed by atoms with Crippen LogP contribution in [0.25, 0.3) is 16.0 Å². The van der Waals surface area contributed by atoms with E-state index in [2.05, 4.69) is 31.0 Å². The quantitative estimate of drug-likeness (QED) is 0.537. The lowest BCUT2D eigenvalue weighted by Gasteiger charge is -2.24. The summed E-state index contributed by atoms with van der Waals surface area (Å²) in [7, 11) is 0. The van der Waals surface area contributed by atoms with E-state index in [4.69, 9.17) is 4.74 Å². The van der Waals surface area contributed by atoms with Gasteiger partial charge in [-0.3, -0.25) is 0 Å². The molecule has 168 valence electrons. The number of nitriles is 1. The summed E-state index contributed by atoms with van der Waals surface area (Å²) in [5.41, 5.74) is 0.642. The van der Waals surface area contributed by atoms with Gasteiger partial charge in [0.1, 0.15) is 5.54 Å². The van der Waals surface area contributed by atoms with Gasteiger partial charge in [-0.2, -0.15) is 10.4 Å². The Hall–Kier alpha value is -2.37. The summed E-state index contributed by atoms with van der Waals surface area (Å²) >= 11 is -0.884. The first-order valence-corrected chi connectivity index (χ1v) is 12.0. The Morgan fingerprint density at radius 1 is 1.28 bits per heavy atom. The third kappa shape index (κ3) is 4.04. The van der Waals surface area contributed by atoms with E-state index < -0.39 is 23.3 Å². The molecule has 1 N–H and O–H groups in total. The topological polar surface area (TPSA) is 115 Å². The fraction of sp³-hybridized carbons (Fsp3) is 0.474. The molecule has 0 bridgehead atoms. The molecular formula is C19H19F2N7O2S2. The third-order valence-corrected chi connectivity index (χ3v) is 7.61. The van der Waals surface area contributed by atoms with Crippen LogP contribution in [0.5, 0.6) is 0 Å². The van der Waals surface area contributed by atoms with Crippen LogP contribution in [0.1, 0.15) is 30.7 Å². The SMILES string of the molecule is N#CC1(N[S+]([O-])c2cc(N3CCCOCC3)c3cnn(-c4nnc(C(F)F)s4)c3c2)CC1. The molecule has 0 radical (unpaired) electrons. The van der Waals surface area contributed by atoms with E-state index in [0.717, 1.165) is 35.4 Å². The second-order valence-electron chi connectivity index (χ2n) is 7.67. The smallest absolute Gasteiger partial charge is 0.291 e. The van der Waals surface area contributed by atoms with Gasteiger partial charge in [0.25, 0.3) is 6.43 Å². The van der Waals surface area contributed by atoms with Gasteiger partial charge >= 0.3 is 0 Å². The van der Waals surface area contributed by atoms with Crippen molar-refractivity contribution in [1.29, 1.82) is 5.26 Å². The van der Waals surface area contributed by atoms with Gasteiger partial charge in [-0.1, -0.05) is 11.3 Å². The maximum absolute atomic E-state index is 13.1. The second-order valence-corrected chi connectivity index (χ2v) is 9.87. The molecule has 1 aliphatic carbocycles. The molecule has 9 nitrogen and oxygen atoms in total. The standard InChI is InChI=1S/C19H19F2N7O2S2/c20-16(21)17-24-25-18(31-17)28-15-9-12(32(29)26-19(11-22)2-3-19)8-14(13(15)10-23-28)27-4-1-6-30-7-5-27/h8-10,16,26H,1-7H2. The van der Waals surface area contributed by atoms with Gasteiger partial charge in [-0.15, -0.1) is 14.9 Å². The van der Waals surface area contributed by atoms with E-state index in [-0.39, 0.29) is 10.1 Å². The molecule has 1 saturated heterocycles. The summed E-state index contributed by atoms with van der Waals surface area (Å²) in [6.07, 6.45) is 1.06. The normalized spacial score (nSPS) is 19.2. The largest absolute Gasteiger partial charge is 0.593 e. The van der Waals surface area contributed by atoms with Crippen LogP contribution in [0.15, 0.2) is 23.2 Å². The Labute approximate surface area is 189 Å². The first kappa shape index (κ1) is 21.5. The van der Waals surface area contributed by atoms with Gasteiger partial charge in [0.2, 0.25) is 5.13 Å². The second kappa shape index (κ2) is 8.53. The number of halogens is 2. The van der Waals surface area contributed by atoms with Crippen molar-refractivity contribution < 1.29 is 18.1 Å². The highest BCUT2D eigenvalue weighted by Gasteiger charge is 2.48. The molecule has 2 aromatic heterocycles. The highest BCUT2D eigenvalue weighted by atomic mass is 32.2. The van der Waals surface area contributed by atoms with Gasteiger partial charge in [0.15, 0.2) is 9.90 Å². The molecule has 2 fully saturated rings. The predicted molar refractivity (Wildman–Crippen MR) is 114 cm³/mol. The monoisotopic (exact) mass is 479 g/mol. The fourth-order valence-electron chi connectivity index (χ4n) is 3.59. The number of anilines is 1. The molecule has 1 aliphatic heterocycles. The minimum absolute atomic E-state index is 0.201. The molecule has 5 rings (SSSR count). The zero-order valence-electron chi connectivity index (χ0n) is 16.8. The van der Waals surface area contributed by atoms with Crippen LogP contribution >= 0.6 is 11.3 Å². The maximum atomic E-state index is 13.1. The van der Waals surface area contributed by atoms with E-state index in [1.165, 1.54) is 4.68 Å². The number of hydrogen-bond donors (Lipinski definition) is 1. The molecule has 1 unspecified atom stereocenters.